The van der Waals surface area contributed by atoms with Crippen molar-refractivity contribution in [2.75, 3.05) is 0 Å². The normalized spacial score (nSPS) is 17.6. The Balaban J connectivity index is 3.05. The zero-order valence-corrected chi connectivity index (χ0v) is 13.7. The van der Waals surface area contributed by atoms with Crippen LogP contribution in [0.2, 0.25) is 16.6 Å². The van der Waals surface area contributed by atoms with Gasteiger partial charge in [0.1, 0.15) is 5.76 Å². The molecular formula is C15H28O2Si. The molecule has 104 valence electrons. The molecule has 0 fully saturated rings. The Morgan fingerprint density at radius 2 is 1.56 bits per heavy atom. The summed E-state index contributed by atoms with van der Waals surface area (Å²) in [5.74, 6) is 0.879. The van der Waals surface area contributed by atoms with Crippen molar-refractivity contribution in [2.45, 2.75) is 77.4 Å². The molecule has 2 nitrogen and oxygen atoms in total. The Kier molecular flexibility index (Phi) is 5.20. The van der Waals surface area contributed by atoms with Crippen LogP contribution < -0.4 is 0 Å². The molecule has 18 heavy (non-hydrogen) atoms. The van der Waals surface area contributed by atoms with Crippen molar-refractivity contribution in [1.82, 2.24) is 0 Å². The number of hydrogen-bond donors (Lipinski definition) is 0. The number of Topliss-reactive ketones (excluding diaryl/α,β-unsaturated/α-hetero) is 1. The molecule has 0 aromatic carbocycles. The molecule has 0 N–H and O–H groups in total. The lowest BCUT2D eigenvalue weighted by molar-refractivity contribution is -0.118. The van der Waals surface area contributed by atoms with Crippen molar-refractivity contribution in [3.63, 3.8) is 0 Å². The van der Waals surface area contributed by atoms with Crippen molar-refractivity contribution < 1.29 is 9.22 Å². The second kappa shape index (κ2) is 6.05. The summed E-state index contributed by atoms with van der Waals surface area (Å²) in [6, 6.07) is 0. The average Bonchev–Trinajstić information content (AvgIpc) is 2.26. The molecule has 0 aromatic heterocycles. The molecular weight excluding hydrogens is 240 g/mol. The predicted octanol–water partition coefficient (Wildman–Crippen LogP) is 4.82. The van der Waals surface area contributed by atoms with E-state index in [0.29, 0.717) is 28.8 Å². The van der Waals surface area contributed by atoms with Crippen LogP contribution in [0.5, 0.6) is 0 Å². The summed E-state index contributed by atoms with van der Waals surface area (Å²) in [5.41, 5.74) is 1.56. The van der Waals surface area contributed by atoms with Gasteiger partial charge in [-0.2, -0.15) is 0 Å². The van der Waals surface area contributed by atoms with Crippen LogP contribution in [0.25, 0.3) is 0 Å². The Morgan fingerprint density at radius 3 is 1.94 bits per heavy atom. The van der Waals surface area contributed by atoms with Crippen molar-refractivity contribution in [3.05, 3.63) is 11.8 Å². The second-order valence-corrected chi connectivity index (χ2v) is 11.7. The zero-order chi connectivity index (χ0) is 13.9. The van der Waals surface area contributed by atoms with Gasteiger partial charge in [-0.25, -0.2) is 0 Å². The van der Waals surface area contributed by atoms with Crippen LogP contribution >= 0.6 is 0 Å². The monoisotopic (exact) mass is 268 g/mol. The number of ketones is 1. The van der Waals surface area contributed by atoms with E-state index < -0.39 is 8.32 Å². The lowest BCUT2D eigenvalue weighted by Gasteiger charge is -2.43. The lowest BCUT2D eigenvalue weighted by Crippen LogP contribution is -2.48. The summed E-state index contributed by atoms with van der Waals surface area (Å²) in [6.45, 7) is 13.5. The number of rotatable bonds is 5. The number of hydrogen-bond acceptors (Lipinski definition) is 2. The van der Waals surface area contributed by atoms with Crippen LogP contribution in [0.15, 0.2) is 11.8 Å². The molecule has 0 saturated heterocycles. The highest BCUT2D eigenvalue weighted by atomic mass is 28.4. The fourth-order valence-electron chi connectivity index (χ4n) is 3.38. The Bertz CT molecular complexity index is 308. The summed E-state index contributed by atoms with van der Waals surface area (Å²) < 4.78 is 6.43. The van der Waals surface area contributed by atoms with E-state index in [9.17, 15) is 4.79 Å². The van der Waals surface area contributed by atoms with Gasteiger partial charge in [-0.15, -0.1) is 0 Å². The van der Waals surface area contributed by atoms with Gasteiger partial charge in [0.25, 0.3) is 8.32 Å². The van der Waals surface area contributed by atoms with Crippen molar-refractivity contribution in [1.29, 1.82) is 0 Å². The molecule has 0 aromatic rings. The fraction of sp³-hybridized carbons (Fsp3) is 0.800. The highest BCUT2D eigenvalue weighted by molar-refractivity contribution is 6.78. The van der Waals surface area contributed by atoms with Gasteiger partial charge >= 0.3 is 0 Å². The van der Waals surface area contributed by atoms with E-state index in [2.05, 4.69) is 41.5 Å². The molecule has 0 unspecified atom stereocenters. The first kappa shape index (κ1) is 15.5. The number of allylic oxidation sites excluding steroid dienone is 2. The highest BCUT2D eigenvalue weighted by Crippen LogP contribution is 2.44. The Hall–Kier alpha value is -0.573. The summed E-state index contributed by atoms with van der Waals surface area (Å²) >= 11 is 0. The molecule has 0 bridgehead atoms. The maximum absolute atomic E-state index is 12.0. The van der Waals surface area contributed by atoms with Crippen LogP contribution in [0.1, 0.15) is 60.8 Å². The Labute approximate surface area is 113 Å². The lowest BCUT2D eigenvalue weighted by atomic mass is 10.1. The van der Waals surface area contributed by atoms with Gasteiger partial charge in [0.2, 0.25) is 0 Å². The van der Waals surface area contributed by atoms with Gasteiger partial charge < -0.3 is 4.43 Å². The minimum Gasteiger partial charge on any atom is -0.541 e. The van der Waals surface area contributed by atoms with E-state index in [1.165, 1.54) is 0 Å². The van der Waals surface area contributed by atoms with E-state index in [4.69, 9.17) is 4.43 Å². The van der Waals surface area contributed by atoms with Gasteiger partial charge in [-0.05, 0) is 35.5 Å². The van der Waals surface area contributed by atoms with E-state index >= 15 is 0 Å². The second-order valence-electron chi connectivity index (χ2n) is 6.30. The van der Waals surface area contributed by atoms with E-state index in [-0.39, 0.29) is 5.78 Å². The van der Waals surface area contributed by atoms with Crippen LogP contribution in [-0.2, 0) is 9.22 Å². The quantitative estimate of drug-likeness (QED) is 0.668. The zero-order valence-electron chi connectivity index (χ0n) is 12.7. The topological polar surface area (TPSA) is 26.3 Å². The van der Waals surface area contributed by atoms with Gasteiger partial charge in [0, 0.05) is 6.42 Å². The van der Waals surface area contributed by atoms with Crippen LogP contribution in [0.4, 0.5) is 0 Å². The van der Waals surface area contributed by atoms with Crippen molar-refractivity contribution >= 4 is 14.1 Å². The molecule has 1 rings (SSSR count). The third-order valence-corrected chi connectivity index (χ3v) is 10.2. The first-order chi connectivity index (χ1) is 8.32. The summed E-state index contributed by atoms with van der Waals surface area (Å²) in [7, 11) is -1.95. The van der Waals surface area contributed by atoms with E-state index in [1.54, 1.807) is 0 Å². The minimum atomic E-state index is -1.95. The molecule has 0 saturated carbocycles. The van der Waals surface area contributed by atoms with Crippen LogP contribution in [-0.4, -0.2) is 14.1 Å². The van der Waals surface area contributed by atoms with Gasteiger partial charge in [-0.1, -0.05) is 41.5 Å². The molecule has 0 atom stereocenters. The molecule has 1 aliphatic rings. The Morgan fingerprint density at radius 1 is 1.06 bits per heavy atom. The third kappa shape index (κ3) is 2.87. The van der Waals surface area contributed by atoms with Crippen LogP contribution in [0.3, 0.4) is 0 Å². The van der Waals surface area contributed by atoms with Gasteiger partial charge in [0.05, 0.1) is 0 Å². The van der Waals surface area contributed by atoms with Gasteiger partial charge in [-0.3, -0.25) is 4.79 Å². The number of carbonyl (C=O) groups is 1. The first-order valence-corrected chi connectivity index (χ1v) is 9.38. The molecule has 0 spiro atoms. The third-order valence-electron chi connectivity index (χ3n) is 4.21. The smallest absolute Gasteiger partial charge is 0.258 e. The highest BCUT2D eigenvalue weighted by Gasteiger charge is 2.47. The minimum absolute atomic E-state index is 0.208. The molecule has 0 amide bonds. The maximum Gasteiger partial charge on any atom is 0.258 e. The summed E-state index contributed by atoms with van der Waals surface area (Å²) in [6.07, 6.45) is 4.64. The molecule has 1 aliphatic carbocycles. The molecule has 0 heterocycles. The molecule has 3 heteroatoms. The largest absolute Gasteiger partial charge is 0.541 e. The fourth-order valence-corrected chi connectivity index (χ4v) is 8.66. The summed E-state index contributed by atoms with van der Waals surface area (Å²) in [5, 5.41) is 0. The molecule has 0 radical (unpaired) electrons. The number of carbonyl (C=O) groups excluding carboxylic acids is 1. The standard InChI is InChI=1S/C15H28O2Si/c1-11(2)18(12(3)4,13(5)6)17-15-10-8-7-9-14(15)16/h10-13H,7-9H2,1-6H3. The first-order valence-electron chi connectivity index (χ1n) is 7.24. The maximum atomic E-state index is 12.0. The van der Waals surface area contributed by atoms with Gasteiger partial charge in [0.15, 0.2) is 5.78 Å². The van der Waals surface area contributed by atoms with Crippen molar-refractivity contribution in [3.8, 4) is 0 Å². The summed E-state index contributed by atoms with van der Waals surface area (Å²) in [4.78, 5) is 12.0. The average molecular weight is 268 g/mol. The molecule has 0 aliphatic heterocycles. The van der Waals surface area contributed by atoms with Crippen molar-refractivity contribution in [2.24, 2.45) is 0 Å². The SMILES string of the molecule is CC(C)[Si](OC1=CCCCC1=O)(C(C)C)C(C)C. The van der Waals surface area contributed by atoms with E-state index in [0.717, 1.165) is 12.8 Å². The van der Waals surface area contributed by atoms with E-state index in [1.807, 2.05) is 6.08 Å². The predicted molar refractivity (Wildman–Crippen MR) is 79.1 cm³/mol. The van der Waals surface area contributed by atoms with Crippen LogP contribution in [0, 0.1) is 0 Å².